The molecule has 0 aliphatic carbocycles. The molecule has 0 saturated heterocycles. The van der Waals surface area contributed by atoms with Crippen molar-refractivity contribution in [3.05, 3.63) is 107 Å². The number of benzene rings is 3. The second kappa shape index (κ2) is 11.9. The number of likely N-dealkylation sites (N-methyl/N-ethyl adjacent to an activating group) is 2. The SMILES string of the molecule is CCN1C(=O)N[C@H](c2cccc(Oc3ccccc3)c2)C2=C1CN([C@@H](Cc1ccccc1)C(=O)N(C)C(C)C)C2=O. The fourth-order valence-electron chi connectivity index (χ4n) is 5.39. The summed E-state index contributed by atoms with van der Waals surface area (Å²) in [7, 11) is 1.77. The highest BCUT2D eigenvalue weighted by Gasteiger charge is 2.47. The summed E-state index contributed by atoms with van der Waals surface area (Å²) >= 11 is 0. The Kier molecular flexibility index (Phi) is 8.10. The minimum atomic E-state index is -0.717. The number of amides is 4. The summed E-state index contributed by atoms with van der Waals surface area (Å²) in [4.78, 5) is 46.3. The van der Waals surface area contributed by atoms with Gasteiger partial charge in [-0.2, -0.15) is 0 Å². The van der Waals surface area contributed by atoms with Crippen LogP contribution in [0.3, 0.4) is 0 Å². The molecule has 8 nitrogen and oxygen atoms in total. The molecule has 2 aliphatic heterocycles. The Bertz CT molecular complexity index is 1450. The van der Waals surface area contributed by atoms with Crippen molar-refractivity contribution < 1.29 is 19.1 Å². The molecule has 0 bridgehead atoms. The fourth-order valence-corrected chi connectivity index (χ4v) is 5.39. The van der Waals surface area contributed by atoms with Gasteiger partial charge < -0.3 is 19.9 Å². The van der Waals surface area contributed by atoms with Crippen LogP contribution in [-0.2, 0) is 16.0 Å². The van der Waals surface area contributed by atoms with Gasteiger partial charge in [0.2, 0.25) is 5.91 Å². The van der Waals surface area contributed by atoms with Crippen LogP contribution in [0.4, 0.5) is 4.79 Å². The Morgan fingerprint density at radius 1 is 0.976 bits per heavy atom. The Hall–Kier alpha value is -4.59. The lowest BCUT2D eigenvalue weighted by atomic mass is 9.95. The van der Waals surface area contributed by atoms with E-state index in [2.05, 4.69) is 5.32 Å². The first kappa shape index (κ1) is 28.0. The molecule has 0 spiro atoms. The molecule has 0 fully saturated rings. The second-order valence-electron chi connectivity index (χ2n) is 10.7. The summed E-state index contributed by atoms with van der Waals surface area (Å²) in [5.74, 6) is 0.911. The zero-order valence-corrected chi connectivity index (χ0v) is 23.9. The van der Waals surface area contributed by atoms with Crippen molar-refractivity contribution in [2.75, 3.05) is 20.1 Å². The van der Waals surface area contributed by atoms with Crippen molar-refractivity contribution in [2.45, 2.75) is 45.3 Å². The molecular formula is C33H36N4O4. The molecule has 0 unspecified atom stereocenters. The van der Waals surface area contributed by atoms with Crippen molar-refractivity contribution in [1.82, 2.24) is 20.0 Å². The van der Waals surface area contributed by atoms with Crippen LogP contribution in [0.2, 0.25) is 0 Å². The number of nitrogens with zero attached hydrogens (tertiary/aromatic N) is 3. The molecule has 0 aromatic heterocycles. The molecule has 3 aromatic rings. The molecule has 3 aromatic carbocycles. The average molecular weight is 553 g/mol. The van der Waals surface area contributed by atoms with Gasteiger partial charge in [-0.25, -0.2) is 4.79 Å². The van der Waals surface area contributed by atoms with E-state index in [-0.39, 0.29) is 30.4 Å². The van der Waals surface area contributed by atoms with Crippen LogP contribution < -0.4 is 10.1 Å². The first-order valence-corrected chi connectivity index (χ1v) is 14.0. The molecule has 2 heterocycles. The van der Waals surface area contributed by atoms with Crippen LogP contribution in [0.5, 0.6) is 11.5 Å². The van der Waals surface area contributed by atoms with Crippen molar-refractivity contribution in [3.63, 3.8) is 0 Å². The van der Waals surface area contributed by atoms with E-state index in [1.165, 1.54) is 0 Å². The van der Waals surface area contributed by atoms with Gasteiger partial charge in [0.05, 0.1) is 23.9 Å². The van der Waals surface area contributed by atoms with Gasteiger partial charge in [-0.15, -0.1) is 0 Å². The number of hydrogen-bond donors (Lipinski definition) is 1. The van der Waals surface area contributed by atoms with Gasteiger partial charge in [-0.3, -0.25) is 14.5 Å². The smallest absolute Gasteiger partial charge is 0.322 e. The number of hydrogen-bond acceptors (Lipinski definition) is 4. The Labute approximate surface area is 241 Å². The lowest BCUT2D eigenvalue weighted by Gasteiger charge is -2.33. The molecule has 0 radical (unpaired) electrons. The maximum Gasteiger partial charge on any atom is 0.322 e. The molecule has 212 valence electrons. The molecule has 1 N–H and O–H groups in total. The Morgan fingerprint density at radius 3 is 2.29 bits per heavy atom. The zero-order valence-electron chi connectivity index (χ0n) is 23.9. The summed E-state index contributed by atoms with van der Waals surface area (Å²) in [5, 5.41) is 3.04. The molecule has 2 atom stereocenters. The van der Waals surface area contributed by atoms with Crippen LogP contribution in [-0.4, -0.2) is 64.8 Å². The minimum Gasteiger partial charge on any atom is -0.457 e. The number of ether oxygens (including phenoxy) is 1. The Morgan fingerprint density at radius 2 is 1.63 bits per heavy atom. The van der Waals surface area contributed by atoms with E-state index >= 15 is 0 Å². The molecule has 41 heavy (non-hydrogen) atoms. The lowest BCUT2D eigenvalue weighted by molar-refractivity contribution is -0.143. The van der Waals surface area contributed by atoms with Gasteiger partial charge in [-0.05, 0) is 56.2 Å². The third-order valence-electron chi connectivity index (χ3n) is 7.79. The maximum atomic E-state index is 14.3. The summed E-state index contributed by atoms with van der Waals surface area (Å²) in [6.07, 6.45) is 0.377. The average Bonchev–Trinajstić information content (AvgIpc) is 3.32. The van der Waals surface area contributed by atoms with Crippen LogP contribution in [0.15, 0.2) is 96.2 Å². The molecule has 4 amide bonds. The first-order valence-electron chi connectivity index (χ1n) is 14.0. The molecule has 0 saturated carbocycles. The van der Waals surface area contributed by atoms with E-state index < -0.39 is 12.1 Å². The van der Waals surface area contributed by atoms with Crippen LogP contribution >= 0.6 is 0 Å². The van der Waals surface area contributed by atoms with Crippen LogP contribution in [0, 0.1) is 0 Å². The minimum absolute atomic E-state index is 0.0310. The quantitative estimate of drug-likeness (QED) is 0.399. The number of carbonyl (C=O) groups is 3. The van der Waals surface area contributed by atoms with Gasteiger partial charge >= 0.3 is 6.03 Å². The topological polar surface area (TPSA) is 82.2 Å². The third kappa shape index (κ3) is 5.68. The highest BCUT2D eigenvalue weighted by Crippen LogP contribution is 2.38. The number of urea groups is 1. The second-order valence-corrected chi connectivity index (χ2v) is 10.7. The summed E-state index contributed by atoms with van der Waals surface area (Å²) in [6.45, 7) is 6.37. The highest BCUT2D eigenvalue weighted by molar-refractivity contribution is 6.03. The van der Waals surface area contributed by atoms with E-state index in [0.717, 1.165) is 11.1 Å². The summed E-state index contributed by atoms with van der Waals surface area (Å²) in [5.41, 5.74) is 2.82. The number of carbonyl (C=O) groups excluding carboxylic acids is 3. The fraction of sp³-hybridized carbons (Fsp3) is 0.303. The zero-order chi connectivity index (χ0) is 29.1. The number of nitrogens with one attached hydrogen (secondary N) is 1. The molecule has 2 aliphatic rings. The van der Waals surface area contributed by atoms with Gasteiger partial charge in [0, 0.05) is 26.1 Å². The highest BCUT2D eigenvalue weighted by atomic mass is 16.5. The van der Waals surface area contributed by atoms with Gasteiger partial charge in [0.1, 0.15) is 17.5 Å². The molecular weight excluding hydrogens is 516 g/mol. The largest absolute Gasteiger partial charge is 0.457 e. The standard InChI is InChI=1S/C33H36N4O4/c1-5-36-28-21-37(27(31(38)35(4)22(2)3)19-23-13-8-6-9-14-23)32(39)29(28)30(34-33(36)40)24-15-12-18-26(20-24)41-25-16-10-7-11-17-25/h6-18,20,22,27,30H,5,19,21H2,1-4H3,(H,34,40)/t27-,30+/m0/s1. The lowest BCUT2D eigenvalue weighted by Crippen LogP contribution is -2.51. The summed E-state index contributed by atoms with van der Waals surface area (Å²) < 4.78 is 6.04. The monoisotopic (exact) mass is 552 g/mol. The molecule has 5 rings (SSSR count). The van der Waals surface area contributed by atoms with E-state index in [1.807, 2.05) is 106 Å². The van der Waals surface area contributed by atoms with Gasteiger partial charge in [0.25, 0.3) is 5.91 Å². The van der Waals surface area contributed by atoms with Crippen molar-refractivity contribution in [3.8, 4) is 11.5 Å². The predicted molar refractivity (Wildman–Crippen MR) is 157 cm³/mol. The number of rotatable bonds is 9. The van der Waals surface area contributed by atoms with E-state index in [4.69, 9.17) is 4.74 Å². The summed E-state index contributed by atoms with van der Waals surface area (Å²) in [6, 6.07) is 24.9. The van der Waals surface area contributed by atoms with Crippen molar-refractivity contribution in [1.29, 1.82) is 0 Å². The normalized spacial score (nSPS) is 17.4. The van der Waals surface area contributed by atoms with Crippen molar-refractivity contribution in [2.24, 2.45) is 0 Å². The number of para-hydroxylation sites is 1. The third-order valence-corrected chi connectivity index (χ3v) is 7.79. The first-order chi connectivity index (χ1) is 19.8. The van der Waals surface area contributed by atoms with Crippen molar-refractivity contribution >= 4 is 17.8 Å². The predicted octanol–water partition coefficient (Wildman–Crippen LogP) is 5.14. The van der Waals surface area contributed by atoms with E-state index in [9.17, 15) is 14.4 Å². The van der Waals surface area contributed by atoms with Gasteiger partial charge in [-0.1, -0.05) is 60.7 Å². The van der Waals surface area contributed by atoms with Crippen LogP contribution in [0.25, 0.3) is 0 Å². The Balaban J connectivity index is 1.51. The van der Waals surface area contributed by atoms with E-state index in [1.54, 1.807) is 21.7 Å². The maximum absolute atomic E-state index is 14.3. The van der Waals surface area contributed by atoms with E-state index in [0.29, 0.717) is 35.7 Å². The molecule has 8 heteroatoms. The van der Waals surface area contributed by atoms with Crippen LogP contribution in [0.1, 0.15) is 37.9 Å². The van der Waals surface area contributed by atoms with Gasteiger partial charge in [0.15, 0.2) is 0 Å².